The molecule has 98 valence electrons. The maximum Gasteiger partial charge on any atom is 0.251 e. The van der Waals surface area contributed by atoms with E-state index in [0.717, 1.165) is 16.8 Å². The highest BCUT2D eigenvalue weighted by molar-refractivity contribution is 5.94. The van der Waals surface area contributed by atoms with Crippen molar-refractivity contribution < 1.29 is 4.79 Å². The maximum atomic E-state index is 12.0. The van der Waals surface area contributed by atoms with Crippen LogP contribution in [0.2, 0.25) is 0 Å². The van der Waals surface area contributed by atoms with E-state index in [9.17, 15) is 4.79 Å². The molecule has 0 spiro atoms. The van der Waals surface area contributed by atoms with E-state index in [1.165, 1.54) is 0 Å². The number of aryl methyl sites for hydroxylation is 1. The second kappa shape index (κ2) is 5.97. The van der Waals surface area contributed by atoms with Gasteiger partial charge < -0.3 is 10.7 Å². The molecule has 0 aliphatic carbocycles. The molecule has 4 N–H and O–H groups in total. The predicted octanol–water partition coefficient (Wildman–Crippen LogP) is 1.61. The van der Waals surface area contributed by atoms with Gasteiger partial charge in [-0.2, -0.15) is 0 Å². The molecule has 0 fully saturated rings. The molecule has 0 radical (unpaired) electrons. The molecule has 0 saturated heterocycles. The molecule has 5 nitrogen and oxygen atoms in total. The Bertz CT molecular complexity index is 569. The molecule has 5 heteroatoms. The molecular formula is C14H16N4O. The summed E-state index contributed by atoms with van der Waals surface area (Å²) in [7, 11) is 0. The summed E-state index contributed by atoms with van der Waals surface area (Å²) in [5, 5.41) is 2.85. The average Bonchev–Trinajstić information content (AvgIpc) is 2.45. The monoisotopic (exact) mass is 256 g/mol. The molecule has 0 aliphatic rings. The van der Waals surface area contributed by atoms with E-state index < -0.39 is 0 Å². The average molecular weight is 256 g/mol. The highest BCUT2D eigenvalue weighted by Crippen LogP contribution is 2.15. The lowest BCUT2D eigenvalue weighted by Gasteiger charge is -2.08. The van der Waals surface area contributed by atoms with Gasteiger partial charge in [0.1, 0.15) is 0 Å². The number of aromatic nitrogens is 1. The fourth-order valence-corrected chi connectivity index (χ4v) is 1.75. The Hall–Kier alpha value is -2.40. The van der Waals surface area contributed by atoms with Crippen LogP contribution in [0.1, 0.15) is 21.5 Å². The van der Waals surface area contributed by atoms with Crippen molar-refractivity contribution in [3.8, 4) is 0 Å². The van der Waals surface area contributed by atoms with Crippen LogP contribution in [-0.4, -0.2) is 10.9 Å². The molecule has 1 aromatic carbocycles. The lowest BCUT2D eigenvalue weighted by atomic mass is 10.1. The van der Waals surface area contributed by atoms with Gasteiger partial charge in [0, 0.05) is 24.5 Å². The minimum Gasteiger partial charge on any atom is -0.348 e. The van der Waals surface area contributed by atoms with Crippen LogP contribution >= 0.6 is 0 Å². The van der Waals surface area contributed by atoms with Gasteiger partial charge in [-0.3, -0.25) is 15.6 Å². The summed E-state index contributed by atoms with van der Waals surface area (Å²) in [4.78, 5) is 16.0. The van der Waals surface area contributed by atoms with Crippen molar-refractivity contribution in [3.05, 3.63) is 59.4 Å². The number of nitrogen functional groups attached to an aromatic ring is 1. The van der Waals surface area contributed by atoms with Crippen LogP contribution in [0.3, 0.4) is 0 Å². The summed E-state index contributed by atoms with van der Waals surface area (Å²) >= 11 is 0. The molecule has 1 aromatic heterocycles. The molecular weight excluding hydrogens is 240 g/mol. The Morgan fingerprint density at radius 3 is 2.84 bits per heavy atom. The highest BCUT2D eigenvalue weighted by atomic mass is 16.1. The molecule has 1 heterocycles. The fourth-order valence-electron chi connectivity index (χ4n) is 1.75. The number of benzene rings is 1. The lowest BCUT2D eigenvalue weighted by Crippen LogP contribution is -2.23. The number of nitrogens with one attached hydrogen (secondary N) is 2. The van der Waals surface area contributed by atoms with Gasteiger partial charge >= 0.3 is 0 Å². The van der Waals surface area contributed by atoms with E-state index in [4.69, 9.17) is 5.84 Å². The van der Waals surface area contributed by atoms with Crippen molar-refractivity contribution >= 4 is 11.6 Å². The van der Waals surface area contributed by atoms with Crippen LogP contribution in [-0.2, 0) is 6.54 Å². The molecule has 0 unspecified atom stereocenters. The zero-order valence-corrected chi connectivity index (χ0v) is 10.7. The first-order valence-corrected chi connectivity index (χ1v) is 5.95. The third-order valence-corrected chi connectivity index (χ3v) is 2.82. The van der Waals surface area contributed by atoms with Gasteiger partial charge in [0.15, 0.2) is 0 Å². The van der Waals surface area contributed by atoms with Crippen molar-refractivity contribution in [2.45, 2.75) is 13.5 Å². The first-order valence-electron chi connectivity index (χ1n) is 5.95. The van der Waals surface area contributed by atoms with Gasteiger partial charge in [0.2, 0.25) is 0 Å². The summed E-state index contributed by atoms with van der Waals surface area (Å²) in [5.74, 6) is 5.24. The first-order chi connectivity index (χ1) is 9.20. The number of hydrogen-bond donors (Lipinski definition) is 3. The first kappa shape index (κ1) is 13.0. The van der Waals surface area contributed by atoms with E-state index in [0.29, 0.717) is 12.1 Å². The molecule has 0 bridgehead atoms. The third-order valence-electron chi connectivity index (χ3n) is 2.82. The molecule has 0 atom stereocenters. The second-order valence-corrected chi connectivity index (χ2v) is 4.22. The quantitative estimate of drug-likeness (QED) is 0.573. The van der Waals surface area contributed by atoms with Gasteiger partial charge in [0.05, 0.1) is 5.69 Å². The zero-order valence-electron chi connectivity index (χ0n) is 10.7. The topological polar surface area (TPSA) is 80.0 Å². The van der Waals surface area contributed by atoms with Crippen LogP contribution in [0.4, 0.5) is 5.69 Å². The number of hydrogen-bond acceptors (Lipinski definition) is 4. The maximum absolute atomic E-state index is 12.0. The van der Waals surface area contributed by atoms with Gasteiger partial charge in [-0.15, -0.1) is 0 Å². The number of rotatable bonds is 4. The lowest BCUT2D eigenvalue weighted by molar-refractivity contribution is 0.0951. The zero-order chi connectivity index (χ0) is 13.7. The highest BCUT2D eigenvalue weighted by Gasteiger charge is 2.07. The molecule has 1 amide bonds. The Morgan fingerprint density at radius 2 is 2.21 bits per heavy atom. The summed E-state index contributed by atoms with van der Waals surface area (Å²) < 4.78 is 0. The minimum atomic E-state index is -0.115. The Morgan fingerprint density at radius 1 is 1.37 bits per heavy atom. The van der Waals surface area contributed by atoms with Crippen molar-refractivity contribution in [3.63, 3.8) is 0 Å². The number of amides is 1. The number of anilines is 1. The molecule has 2 rings (SSSR count). The number of hydrazine groups is 1. The Kier molecular flexibility index (Phi) is 4.10. The number of pyridine rings is 1. The van der Waals surface area contributed by atoms with E-state index >= 15 is 0 Å². The molecule has 19 heavy (non-hydrogen) atoms. The fraction of sp³-hybridized carbons (Fsp3) is 0.143. The predicted molar refractivity (Wildman–Crippen MR) is 74.4 cm³/mol. The van der Waals surface area contributed by atoms with Crippen molar-refractivity contribution in [1.29, 1.82) is 0 Å². The van der Waals surface area contributed by atoms with E-state index in [1.807, 2.05) is 19.1 Å². The van der Waals surface area contributed by atoms with Crippen LogP contribution in [0, 0.1) is 6.92 Å². The van der Waals surface area contributed by atoms with Crippen LogP contribution < -0.4 is 16.6 Å². The number of nitrogens with two attached hydrogens (primary N) is 1. The number of carbonyl (C=O) groups is 1. The van der Waals surface area contributed by atoms with Crippen molar-refractivity contribution in [2.75, 3.05) is 5.43 Å². The van der Waals surface area contributed by atoms with E-state index in [2.05, 4.69) is 15.7 Å². The van der Waals surface area contributed by atoms with E-state index in [-0.39, 0.29) is 5.91 Å². The molecule has 0 aliphatic heterocycles. The second-order valence-electron chi connectivity index (χ2n) is 4.22. The SMILES string of the molecule is Cc1cc(C(=O)NCc2cccnc2)ccc1NN. The normalized spacial score (nSPS) is 10.0. The van der Waals surface area contributed by atoms with Gasteiger partial charge in [-0.1, -0.05) is 6.07 Å². The number of carbonyl (C=O) groups excluding carboxylic acids is 1. The van der Waals surface area contributed by atoms with Gasteiger partial charge in [-0.25, -0.2) is 0 Å². The Balaban J connectivity index is 2.02. The van der Waals surface area contributed by atoms with Crippen molar-refractivity contribution in [2.24, 2.45) is 5.84 Å². The van der Waals surface area contributed by atoms with Crippen molar-refractivity contribution in [1.82, 2.24) is 10.3 Å². The smallest absolute Gasteiger partial charge is 0.251 e. The number of nitrogens with zero attached hydrogens (tertiary/aromatic N) is 1. The van der Waals surface area contributed by atoms with Crippen LogP contribution in [0.25, 0.3) is 0 Å². The summed E-state index contributed by atoms with van der Waals surface area (Å²) in [5.41, 5.74) is 5.89. The van der Waals surface area contributed by atoms with Gasteiger partial charge in [0.25, 0.3) is 5.91 Å². The van der Waals surface area contributed by atoms with Crippen LogP contribution in [0.5, 0.6) is 0 Å². The largest absolute Gasteiger partial charge is 0.348 e. The minimum absolute atomic E-state index is 0.115. The third kappa shape index (κ3) is 3.29. The summed E-state index contributed by atoms with van der Waals surface area (Å²) in [6.07, 6.45) is 3.43. The Labute approximate surface area is 111 Å². The molecule has 2 aromatic rings. The standard InChI is InChI=1S/C14H16N4O/c1-10-7-12(4-5-13(10)18-15)14(19)17-9-11-3-2-6-16-8-11/h2-8,18H,9,15H2,1H3,(H,17,19). The molecule has 0 saturated carbocycles. The summed E-state index contributed by atoms with van der Waals surface area (Å²) in [6.45, 7) is 2.36. The summed E-state index contributed by atoms with van der Waals surface area (Å²) in [6, 6.07) is 9.08. The van der Waals surface area contributed by atoms with E-state index in [1.54, 1.807) is 30.6 Å². The van der Waals surface area contributed by atoms with Gasteiger partial charge in [-0.05, 0) is 42.3 Å². The van der Waals surface area contributed by atoms with Crippen LogP contribution in [0.15, 0.2) is 42.7 Å².